The van der Waals surface area contributed by atoms with E-state index >= 15 is 0 Å². The first-order valence-corrected chi connectivity index (χ1v) is 7.21. The molecular weight excluding hydrogens is 323 g/mol. The van der Waals surface area contributed by atoms with Gasteiger partial charge in [-0.25, -0.2) is 0 Å². The normalized spacial score (nSPS) is 19.1. The van der Waals surface area contributed by atoms with E-state index < -0.39 is 6.04 Å². The number of nitrogens with one attached hydrogen (secondary N) is 1. The van der Waals surface area contributed by atoms with Crippen molar-refractivity contribution in [1.82, 2.24) is 4.90 Å². The maximum Gasteiger partial charge on any atom is 0.252 e. The standard InChI is InChI=1S/C13H13Cl3N2O2/c1-6(2)18-12(19)5-11(13(18)20)17-10-4-8(15)7(14)3-9(10)16/h3-4,6,11,17H,5H2,1-2H3. The van der Waals surface area contributed by atoms with E-state index in [9.17, 15) is 9.59 Å². The Morgan fingerprint density at radius 2 is 1.75 bits per heavy atom. The summed E-state index contributed by atoms with van der Waals surface area (Å²) < 4.78 is 0. The lowest BCUT2D eigenvalue weighted by Crippen LogP contribution is -2.39. The fraction of sp³-hybridized carbons (Fsp3) is 0.385. The van der Waals surface area contributed by atoms with Gasteiger partial charge in [0.15, 0.2) is 0 Å². The van der Waals surface area contributed by atoms with Crippen molar-refractivity contribution in [2.24, 2.45) is 0 Å². The topological polar surface area (TPSA) is 49.4 Å². The van der Waals surface area contributed by atoms with Gasteiger partial charge < -0.3 is 5.32 Å². The predicted molar refractivity (Wildman–Crippen MR) is 80.5 cm³/mol. The van der Waals surface area contributed by atoms with Crippen LogP contribution in [-0.4, -0.2) is 28.8 Å². The van der Waals surface area contributed by atoms with Gasteiger partial charge in [-0.15, -0.1) is 0 Å². The number of imide groups is 1. The molecule has 1 fully saturated rings. The average Bonchev–Trinajstić information content (AvgIpc) is 2.61. The van der Waals surface area contributed by atoms with Crippen molar-refractivity contribution in [1.29, 1.82) is 0 Å². The van der Waals surface area contributed by atoms with Gasteiger partial charge in [0, 0.05) is 6.04 Å². The highest BCUT2D eigenvalue weighted by atomic mass is 35.5. The van der Waals surface area contributed by atoms with Gasteiger partial charge in [0.1, 0.15) is 6.04 Å². The van der Waals surface area contributed by atoms with Crippen LogP contribution in [-0.2, 0) is 9.59 Å². The van der Waals surface area contributed by atoms with E-state index in [0.717, 1.165) is 0 Å². The molecule has 2 rings (SSSR count). The van der Waals surface area contributed by atoms with Crippen molar-refractivity contribution >= 4 is 52.3 Å². The summed E-state index contributed by atoms with van der Waals surface area (Å²) in [7, 11) is 0. The Kier molecular flexibility index (Phi) is 4.47. The molecule has 0 aromatic heterocycles. The summed E-state index contributed by atoms with van der Waals surface area (Å²) in [5, 5.41) is 3.97. The molecule has 20 heavy (non-hydrogen) atoms. The molecule has 1 aliphatic heterocycles. The van der Waals surface area contributed by atoms with E-state index in [2.05, 4.69) is 5.32 Å². The smallest absolute Gasteiger partial charge is 0.252 e. The number of hydrogen-bond donors (Lipinski definition) is 1. The molecular formula is C13H13Cl3N2O2. The number of hydrogen-bond acceptors (Lipinski definition) is 3. The number of anilines is 1. The lowest BCUT2D eigenvalue weighted by molar-refractivity contribution is -0.140. The Bertz CT molecular complexity index is 575. The van der Waals surface area contributed by atoms with Gasteiger partial charge in [0.05, 0.1) is 27.2 Å². The minimum atomic E-state index is -0.625. The maximum atomic E-state index is 12.2. The van der Waals surface area contributed by atoms with Crippen molar-refractivity contribution in [2.45, 2.75) is 32.4 Å². The first-order chi connectivity index (χ1) is 9.31. The molecule has 0 saturated carbocycles. The third-order valence-electron chi connectivity index (χ3n) is 3.04. The molecule has 1 heterocycles. The lowest BCUT2D eigenvalue weighted by atomic mass is 10.2. The molecule has 1 aromatic rings. The molecule has 1 unspecified atom stereocenters. The number of carbonyl (C=O) groups is 2. The highest BCUT2D eigenvalue weighted by Crippen LogP contribution is 2.33. The SMILES string of the molecule is CC(C)N1C(=O)CC(Nc2cc(Cl)c(Cl)cc2Cl)C1=O. The largest absolute Gasteiger partial charge is 0.372 e. The van der Waals surface area contributed by atoms with E-state index in [-0.39, 0.29) is 24.3 Å². The molecule has 7 heteroatoms. The molecule has 4 nitrogen and oxygen atoms in total. The van der Waals surface area contributed by atoms with Gasteiger partial charge in [0.25, 0.3) is 5.91 Å². The summed E-state index contributed by atoms with van der Waals surface area (Å²) in [6.45, 7) is 3.59. The van der Waals surface area contributed by atoms with Crippen molar-refractivity contribution in [2.75, 3.05) is 5.32 Å². The summed E-state index contributed by atoms with van der Waals surface area (Å²) >= 11 is 17.8. The van der Waals surface area contributed by atoms with Gasteiger partial charge in [-0.2, -0.15) is 0 Å². The first kappa shape index (κ1) is 15.4. The molecule has 0 aliphatic carbocycles. The number of halogens is 3. The van der Waals surface area contributed by atoms with Crippen molar-refractivity contribution in [3.8, 4) is 0 Å². The average molecular weight is 336 g/mol. The van der Waals surface area contributed by atoms with Crippen LogP contribution < -0.4 is 5.32 Å². The highest BCUT2D eigenvalue weighted by molar-refractivity contribution is 6.44. The van der Waals surface area contributed by atoms with Crippen LogP contribution in [0.5, 0.6) is 0 Å². The van der Waals surface area contributed by atoms with Gasteiger partial charge in [-0.1, -0.05) is 34.8 Å². The molecule has 0 spiro atoms. The van der Waals surface area contributed by atoms with E-state index in [0.29, 0.717) is 20.8 Å². The Morgan fingerprint density at radius 1 is 1.15 bits per heavy atom. The summed E-state index contributed by atoms with van der Waals surface area (Å²) in [5.74, 6) is -0.453. The summed E-state index contributed by atoms with van der Waals surface area (Å²) in [4.78, 5) is 25.2. The van der Waals surface area contributed by atoms with Crippen LogP contribution in [0, 0.1) is 0 Å². The molecule has 0 radical (unpaired) electrons. The Hall–Kier alpha value is -0.970. The Balaban J connectivity index is 2.22. The van der Waals surface area contributed by atoms with Gasteiger partial charge in [-0.3, -0.25) is 14.5 Å². The zero-order valence-corrected chi connectivity index (χ0v) is 13.2. The Labute approximate surface area is 132 Å². The number of likely N-dealkylation sites (tertiary alicyclic amines) is 1. The van der Waals surface area contributed by atoms with E-state index in [1.807, 2.05) is 0 Å². The molecule has 1 aromatic carbocycles. The summed E-state index contributed by atoms with van der Waals surface area (Å²) in [6.07, 6.45) is 0.105. The van der Waals surface area contributed by atoms with Crippen molar-refractivity contribution < 1.29 is 9.59 Å². The van der Waals surface area contributed by atoms with Crippen LogP contribution in [0.25, 0.3) is 0 Å². The number of carbonyl (C=O) groups excluding carboxylic acids is 2. The first-order valence-electron chi connectivity index (χ1n) is 6.08. The quantitative estimate of drug-likeness (QED) is 0.678. The van der Waals surface area contributed by atoms with Gasteiger partial charge >= 0.3 is 0 Å². The highest BCUT2D eigenvalue weighted by Gasteiger charge is 2.40. The molecule has 0 bridgehead atoms. The summed E-state index contributed by atoms with van der Waals surface area (Å²) in [6, 6.07) is 2.25. The minimum Gasteiger partial charge on any atom is -0.372 e. The van der Waals surface area contributed by atoms with Crippen molar-refractivity contribution in [3.05, 3.63) is 27.2 Å². The number of rotatable bonds is 3. The number of benzene rings is 1. The third-order valence-corrected chi connectivity index (χ3v) is 4.07. The van der Waals surface area contributed by atoms with E-state index in [1.165, 1.54) is 11.0 Å². The van der Waals surface area contributed by atoms with E-state index in [1.54, 1.807) is 19.9 Å². The second-order valence-corrected chi connectivity index (χ2v) is 6.06. The van der Waals surface area contributed by atoms with Gasteiger partial charge in [0.2, 0.25) is 5.91 Å². The van der Waals surface area contributed by atoms with Crippen LogP contribution in [0.15, 0.2) is 12.1 Å². The minimum absolute atomic E-state index is 0.105. The van der Waals surface area contributed by atoms with Crippen LogP contribution in [0.1, 0.15) is 20.3 Å². The predicted octanol–water partition coefficient (Wildman–Crippen LogP) is 3.59. The van der Waals surface area contributed by atoms with E-state index in [4.69, 9.17) is 34.8 Å². The molecule has 1 N–H and O–H groups in total. The third kappa shape index (κ3) is 2.87. The monoisotopic (exact) mass is 334 g/mol. The molecule has 108 valence electrons. The second kappa shape index (κ2) is 5.80. The van der Waals surface area contributed by atoms with Gasteiger partial charge in [-0.05, 0) is 26.0 Å². The van der Waals surface area contributed by atoms with Crippen LogP contribution >= 0.6 is 34.8 Å². The zero-order valence-electron chi connectivity index (χ0n) is 10.9. The van der Waals surface area contributed by atoms with Crippen molar-refractivity contribution in [3.63, 3.8) is 0 Å². The fourth-order valence-corrected chi connectivity index (χ4v) is 2.73. The van der Waals surface area contributed by atoms with Crippen LogP contribution in [0.2, 0.25) is 15.1 Å². The molecule has 2 amide bonds. The maximum absolute atomic E-state index is 12.2. The van der Waals surface area contributed by atoms with Crippen LogP contribution in [0.4, 0.5) is 5.69 Å². The number of amides is 2. The summed E-state index contributed by atoms with van der Waals surface area (Å²) in [5.41, 5.74) is 0.484. The lowest BCUT2D eigenvalue weighted by Gasteiger charge is -2.19. The zero-order chi connectivity index (χ0) is 15.0. The molecule has 1 aliphatic rings. The number of nitrogens with zero attached hydrogens (tertiary/aromatic N) is 1. The Morgan fingerprint density at radius 3 is 2.30 bits per heavy atom. The molecule has 1 saturated heterocycles. The van der Waals surface area contributed by atoms with Crippen LogP contribution in [0.3, 0.4) is 0 Å². The second-order valence-electron chi connectivity index (χ2n) is 4.84. The molecule has 1 atom stereocenters. The fourth-order valence-electron chi connectivity index (χ4n) is 2.13.